The van der Waals surface area contributed by atoms with E-state index in [1.165, 1.54) is 0 Å². The summed E-state index contributed by atoms with van der Waals surface area (Å²) in [7, 11) is 0. The molecule has 0 bridgehead atoms. The zero-order valence-electron chi connectivity index (χ0n) is 8.21. The minimum atomic E-state index is -5.18. The van der Waals surface area contributed by atoms with Crippen LogP contribution in [0.25, 0.3) is 0 Å². The van der Waals surface area contributed by atoms with Gasteiger partial charge >= 0.3 is 12.5 Å². The van der Waals surface area contributed by atoms with Crippen molar-refractivity contribution in [2.24, 2.45) is 0 Å². The number of hydrogen-bond donors (Lipinski definition) is 0. The maximum absolute atomic E-state index is 12.6. The smallest absolute Gasteiger partial charge is 0.404 e. The van der Waals surface area contributed by atoms with Crippen LogP contribution in [0.4, 0.5) is 26.3 Å². The zero-order valence-corrected chi connectivity index (χ0v) is 9.79. The molecule has 0 aliphatic carbocycles. The normalized spacial score (nSPS) is 12.7. The summed E-state index contributed by atoms with van der Waals surface area (Å²) in [5, 5.41) is 0. The van der Waals surface area contributed by atoms with Crippen LogP contribution in [0, 0.1) is 6.92 Å². The number of ether oxygens (including phenoxy) is 1. The zero-order chi connectivity index (χ0) is 13.4. The van der Waals surface area contributed by atoms with Gasteiger partial charge < -0.3 is 4.74 Å². The molecule has 0 fully saturated rings. The first-order valence-electron chi connectivity index (χ1n) is 4.14. The van der Waals surface area contributed by atoms with Gasteiger partial charge in [-0.15, -0.1) is 13.2 Å². The molecule has 0 unspecified atom stereocenters. The fourth-order valence-electron chi connectivity index (χ4n) is 1.22. The fourth-order valence-corrected chi connectivity index (χ4v) is 1.63. The van der Waals surface area contributed by atoms with Gasteiger partial charge in [-0.05, 0) is 34.5 Å². The second-order valence-corrected chi connectivity index (χ2v) is 3.97. The molecule has 0 amide bonds. The Morgan fingerprint density at radius 2 is 1.59 bits per heavy atom. The molecule has 0 saturated heterocycles. The summed E-state index contributed by atoms with van der Waals surface area (Å²) in [5.41, 5.74) is -1.79. The van der Waals surface area contributed by atoms with Gasteiger partial charge in [0.15, 0.2) is 5.75 Å². The van der Waals surface area contributed by atoms with Crippen LogP contribution in [0.1, 0.15) is 11.1 Å². The average Bonchev–Trinajstić information content (AvgIpc) is 2.06. The van der Waals surface area contributed by atoms with Crippen LogP contribution in [0.5, 0.6) is 5.75 Å². The Morgan fingerprint density at radius 3 is 2.00 bits per heavy atom. The van der Waals surface area contributed by atoms with Gasteiger partial charge in [0.2, 0.25) is 0 Å². The quantitative estimate of drug-likeness (QED) is 0.682. The molecule has 0 aliphatic rings. The van der Waals surface area contributed by atoms with Gasteiger partial charge in [-0.2, -0.15) is 13.2 Å². The van der Waals surface area contributed by atoms with Crippen LogP contribution in [-0.4, -0.2) is 6.36 Å². The maximum Gasteiger partial charge on any atom is 0.573 e. The molecule has 0 aliphatic heterocycles. The Balaban J connectivity index is 3.41. The van der Waals surface area contributed by atoms with E-state index in [1.807, 2.05) is 0 Å². The van der Waals surface area contributed by atoms with Crippen LogP contribution >= 0.6 is 15.9 Å². The van der Waals surface area contributed by atoms with Crippen molar-refractivity contribution in [1.29, 1.82) is 0 Å². The third kappa shape index (κ3) is 3.52. The summed E-state index contributed by atoms with van der Waals surface area (Å²) in [5.74, 6) is -1.27. The lowest BCUT2D eigenvalue weighted by Gasteiger charge is -2.18. The third-order valence-electron chi connectivity index (χ3n) is 1.82. The summed E-state index contributed by atoms with van der Waals surface area (Å²) in [6.45, 7) is 1.05. The van der Waals surface area contributed by atoms with Crippen LogP contribution in [-0.2, 0) is 6.18 Å². The van der Waals surface area contributed by atoms with Crippen LogP contribution in [0.15, 0.2) is 16.6 Å². The van der Waals surface area contributed by atoms with E-state index in [1.54, 1.807) is 0 Å². The largest absolute Gasteiger partial charge is 0.573 e. The van der Waals surface area contributed by atoms with E-state index in [4.69, 9.17) is 0 Å². The topological polar surface area (TPSA) is 9.23 Å². The average molecular weight is 323 g/mol. The molecule has 0 N–H and O–H groups in total. The van der Waals surface area contributed by atoms with Crippen molar-refractivity contribution in [1.82, 2.24) is 0 Å². The third-order valence-corrected chi connectivity index (χ3v) is 2.44. The molecule has 96 valence electrons. The highest BCUT2D eigenvalue weighted by atomic mass is 79.9. The Bertz CT molecular complexity index is 423. The summed E-state index contributed by atoms with van der Waals surface area (Å²) in [4.78, 5) is 0. The van der Waals surface area contributed by atoms with Crippen LogP contribution in [0.3, 0.4) is 0 Å². The van der Waals surface area contributed by atoms with E-state index in [0.717, 1.165) is 19.1 Å². The van der Waals surface area contributed by atoms with E-state index < -0.39 is 28.3 Å². The number of halogens is 7. The molecule has 1 aromatic rings. The molecule has 0 atom stereocenters. The number of benzene rings is 1. The first kappa shape index (κ1) is 14.1. The molecule has 1 aromatic carbocycles. The van der Waals surface area contributed by atoms with Gasteiger partial charge in [-0.25, -0.2) is 0 Å². The predicted molar refractivity (Wildman–Crippen MR) is 50.6 cm³/mol. The Kier molecular flexibility index (Phi) is 3.66. The van der Waals surface area contributed by atoms with Crippen molar-refractivity contribution >= 4 is 15.9 Å². The van der Waals surface area contributed by atoms with Gasteiger partial charge in [0, 0.05) is 0 Å². The highest BCUT2D eigenvalue weighted by molar-refractivity contribution is 9.10. The summed E-state index contributed by atoms with van der Waals surface area (Å²) in [6, 6.07) is 2.11. The second-order valence-electron chi connectivity index (χ2n) is 3.11. The van der Waals surface area contributed by atoms with E-state index in [0.29, 0.717) is 0 Å². The van der Waals surface area contributed by atoms with Crippen molar-refractivity contribution < 1.29 is 31.1 Å². The minimum absolute atomic E-state index is 0.347. The second kappa shape index (κ2) is 4.40. The molecule has 0 heterocycles. The van der Waals surface area contributed by atoms with Crippen molar-refractivity contribution in [2.45, 2.75) is 19.5 Å². The summed E-state index contributed by atoms with van der Waals surface area (Å²) in [6.07, 6.45) is -10.1. The molecule has 8 heteroatoms. The van der Waals surface area contributed by atoms with Gasteiger partial charge in [-0.3, -0.25) is 0 Å². The number of hydrogen-bond acceptors (Lipinski definition) is 1. The van der Waals surface area contributed by atoms with E-state index in [2.05, 4.69) is 20.7 Å². The van der Waals surface area contributed by atoms with E-state index in [9.17, 15) is 26.3 Å². The predicted octanol–water partition coefficient (Wildman–Crippen LogP) is 4.67. The lowest BCUT2D eigenvalue weighted by molar-refractivity contribution is -0.276. The van der Waals surface area contributed by atoms with Crippen LogP contribution < -0.4 is 4.74 Å². The molecular weight excluding hydrogens is 318 g/mol. The van der Waals surface area contributed by atoms with Gasteiger partial charge in [0.05, 0.1) is 4.47 Å². The first-order valence-corrected chi connectivity index (χ1v) is 4.93. The maximum atomic E-state index is 12.6. The van der Waals surface area contributed by atoms with Gasteiger partial charge in [-0.1, -0.05) is 6.07 Å². The molecule has 17 heavy (non-hydrogen) atoms. The fraction of sp³-hybridized carbons (Fsp3) is 0.333. The van der Waals surface area contributed by atoms with Gasteiger partial charge in [0.1, 0.15) is 5.56 Å². The standard InChI is InChI=1S/C9H5BrF6O/c1-4-2-3-5(10)7(17-9(14,15)16)6(4)8(11,12)13/h2-3H,1H3. The van der Waals surface area contributed by atoms with Crippen LogP contribution in [0.2, 0.25) is 0 Å². The molecule has 0 spiro atoms. The molecule has 1 rings (SSSR count). The van der Waals surface area contributed by atoms with Gasteiger partial charge in [0.25, 0.3) is 0 Å². The van der Waals surface area contributed by atoms with E-state index >= 15 is 0 Å². The number of alkyl halides is 6. The molecular formula is C9H5BrF6O. The highest BCUT2D eigenvalue weighted by Crippen LogP contribution is 2.44. The lowest BCUT2D eigenvalue weighted by atomic mass is 10.1. The number of rotatable bonds is 1. The molecule has 0 saturated carbocycles. The lowest BCUT2D eigenvalue weighted by Crippen LogP contribution is -2.21. The minimum Gasteiger partial charge on any atom is -0.404 e. The SMILES string of the molecule is Cc1ccc(Br)c(OC(F)(F)F)c1C(F)(F)F. The first-order chi connectivity index (χ1) is 7.52. The molecule has 0 aromatic heterocycles. The number of aryl methyl sites for hydroxylation is 1. The monoisotopic (exact) mass is 322 g/mol. The Morgan fingerprint density at radius 1 is 1.06 bits per heavy atom. The Labute approximate surface area is 101 Å². The summed E-state index contributed by atoms with van der Waals surface area (Å²) >= 11 is 2.60. The molecule has 0 radical (unpaired) electrons. The van der Waals surface area contributed by atoms with E-state index in [-0.39, 0.29) is 5.56 Å². The van der Waals surface area contributed by atoms with Crippen molar-refractivity contribution in [3.63, 3.8) is 0 Å². The van der Waals surface area contributed by atoms with Crippen molar-refractivity contribution in [3.8, 4) is 5.75 Å². The van der Waals surface area contributed by atoms with Crippen molar-refractivity contribution in [3.05, 3.63) is 27.7 Å². The van der Waals surface area contributed by atoms with Crippen molar-refractivity contribution in [2.75, 3.05) is 0 Å². The summed E-state index contributed by atoms with van der Waals surface area (Å²) < 4.78 is 76.8. The highest BCUT2D eigenvalue weighted by Gasteiger charge is 2.41. The molecule has 1 nitrogen and oxygen atoms in total. The Hall–Kier alpha value is -0.920.